The van der Waals surface area contributed by atoms with E-state index in [0.29, 0.717) is 56.3 Å². The van der Waals surface area contributed by atoms with E-state index in [4.69, 9.17) is 15.2 Å². The van der Waals surface area contributed by atoms with Gasteiger partial charge in [0, 0.05) is 30.8 Å². The van der Waals surface area contributed by atoms with Gasteiger partial charge in [-0.3, -0.25) is 24.5 Å². The van der Waals surface area contributed by atoms with Crippen LogP contribution in [0.5, 0.6) is 0 Å². The minimum absolute atomic E-state index is 0.126. The van der Waals surface area contributed by atoms with E-state index in [0.717, 1.165) is 0 Å². The van der Waals surface area contributed by atoms with Crippen LogP contribution in [0.2, 0.25) is 0 Å². The number of Topliss-reactive ketones (excluding diaryl/α,β-unsaturated/α-hetero) is 2. The van der Waals surface area contributed by atoms with Crippen LogP contribution in [-0.2, 0) is 19.1 Å². The van der Waals surface area contributed by atoms with Crippen LogP contribution in [0.4, 0.5) is 5.69 Å². The molecule has 1 saturated heterocycles. The first-order chi connectivity index (χ1) is 14.0. The second-order valence-corrected chi connectivity index (χ2v) is 6.93. The zero-order chi connectivity index (χ0) is 20.8. The average molecular weight is 403 g/mol. The molecule has 2 atom stereocenters. The first kappa shape index (κ1) is 21.1. The van der Waals surface area contributed by atoms with Gasteiger partial charge in [0.05, 0.1) is 43.8 Å². The third kappa shape index (κ3) is 4.69. The van der Waals surface area contributed by atoms with Gasteiger partial charge in [-0.1, -0.05) is 12.1 Å². The van der Waals surface area contributed by atoms with Gasteiger partial charge in [-0.05, 0) is 12.5 Å². The van der Waals surface area contributed by atoms with Gasteiger partial charge >= 0.3 is 0 Å². The van der Waals surface area contributed by atoms with Crippen molar-refractivity contribution in [3.05, 3.63) is 29.3 Å². The topological polar surface area (TPSA) is 137 Å². The standard InChI is InChI=1S/C20H25N3O6/c21-6-8-28-10-11-29-9-7-22-14-3-1-2-12-16(14)19(26)17(18(12)25)13-4-5-15(24)23-20(13)27/h1-3,13,17,22H,4-11,21H2,(H,23,24,27). The number of imide groups is 1. The highest BCUT2D eigenvalue weighted by atomic mass is 16.5. The van der Waals surface area contributed by atoms with E-state index in [2.05, 4.69) is 10.6 Å². The Hall–Kier alpha value is -2.62. The molecular formula is C20H25N3O6. The molecule has 2 aliphatic rings. The van der Waals surface area contributed by atoms with Gasteiger partial charge in [-0.25, -0.2) is 0 Å². The number of anilines is 1. The lowest BCUT2D eigenvalue weighted by Gasteiger charge is -2.24. The highest BCUT2D eigenvalue weighted by Gasteiger charge is 2.48. The zero-order valence-corrected chi connectivity index (χ0v) is 16.1. The van der Waals surface area contributed by atoms with Gasteiger partial charge in [0.2, 0.25) is 11.8 Å². The molecule has 0 aromatic heterocycles. The Morgan fingerprint density at radius 3 is 2.52 bits per heavy atom. The molecule has 0 radical (unpaired) electrons. The summed E-state index contributed by atoms with van der Waals surface area (Å²) >= 11 is 0. The summed E-state index contributed by atoms with van der Waals surface area (Å²) in [5.74, 6) is -3.56. The normalized spacial score (nSPS) is 21.3. The van der Waals surface area contributed by atoms with Crippen LogP contribution in [0.3, 0.4) is 0 Å². The second-order valence-electron chi connectivity index (χ2n) is 6.93. The maximum Gasteiger partial charge on any atom is 0.230 e. The fourth-order valence-electron chi connectivity index (χ4n) is 3.67. The largest absolute Gasteiger partial charge is 0.382 e. The molecule has 1 heterocycles. The lowest BCUT2D eigenvalue weighted by Crippen LogP contribution is -2.46. The molecule has 0 saturated carbocycles. The Balaban J connectivity index is 1.61. The van der Waals surface area contributed by atoms with E-state index < -0.39 is 17.7 Å². The van der Waals surface area contributed by atoms with Crippen LogP contribution in [0.15, 0.2) is 18.2 Å². The summed E-state index contributed by atoms with van der Waals surface area (Å²) in [6.45, 7) is 2.68. The lowest BCUT2D eigenvalue weighted by molar-refractivity contribution is -0.137. The molecule has 1 aliphatic carbocycles. The Morgan fingerprint density at radius 2 is 1.79 bits per heavy atom. The van der Waals surface area contributed by atoms with Gasteiger partial charge in [-0.2, -0.15) is 0 Å². The number of amides is 2. The van der Waals surface area contributed by atoms with Crippen LogP contribution in [0, 0.1) is 11.8 Å². The molecule has 9 nitrogen and oxygen atoms in total. The van der Waals surface area contributed by atoms with E-state index in [1.165, 1.54) is 0 Å². The quantitative estimate of drug-likeness (QED) is 0.285. The minimum atomic E-state index is -1.07. The zero-order valence-electron chi connectivity index (χ0n) is 16.1. The molecule has 2 amide bonds. The van der Waals surface area contributed by atoms with Crippen molar-refractivity contribution in [3.63, 3.8) is 0 Å². The number of carbonyl (C=O) groups excluding carboxylic acids is 4. The van der Waals surface area contributed by atoms with E-state index in [9.17, 15) is 19.2 Å². The molecule has 1 aliphatic heterocycles. The molecule has 1 fully saturated rings. The van der Waals surface area contributed by atoms with Crippen molar-refractivity contribution < 1.29 is 28.7 Å². The van der Waals surface area contributed by atoms with Crippen molar-refractivity contribution in [3.8, 4) is 0 Å². The minimum Gasteiger partial charge on any atom is -0.382 e. The van der Waals surface area contributed by atoms with E-state index in [-0.39, 0.29) is 30.3 Å². The molecule has 9 heteroatoms. The summed E-state index contributed by atoms with van der Waals surface area (Å²) in [6.07, 6.45) is 0.324. The summed E-state index contributed by atoms with van der Waals surface area (Å²) < 4.78 is 10.7. The van der Waals surface area contributed by atoms with E-state index >= 15 is 0 Å². The number of piperidine rings is 1. The van der Waals surface area contributed by atoms with Gasteiger partial charge in [-0.15, -0.1) is 0 Å². The Kier molecular flexibility index (Phi) is 7.08. The number of rotatable bonds is 10. The van der Waals surface area contributed by atoms with Crippen LogP contribution in [0.25, 0.3) is 0 Å². The highest BCUT2D eigenvalue weighted by molar-refractivity contribution is 6.30. The summed E-state index contributed by atoms with van der Waals surface area (Å²) in [4.78, 5) is 49.4. The number of nitrogens with two attached hydrogens (primary N) is 1. The monoisotopic (exact) mass is 403 g/mol. The fraction of sp³-hybridized carbons (Fsp3) is 0.500. The third-order valence-corrected chi connectivity index (χ3v) is 5.02. The molecule has 3 rings (SSSR count). The Morgan fingerprint density at radius 1 is 1.03 bits per heavy atom. The van der Waals surface area contributed by atoms with Crippen molar-refractivity contribution >= 4 is 29.1 Å². The maximum atomic E-state index is 13.0. The van der Waals surface area contributed by atoms with E-state index in [1.807, 2.05) is 0 Å². The third-order valence-electron chi connectivity index (χ3n) is 5.02. The molecule has 1 aromatic rings. The predicted molar refractivity (Wildman–Crippen MR) is 104 cm³/mol. The molecule has 2 unspecified atom stereocenters. The Labute approximate surface area is 168 Å². The number of ether oxygens (including phenoxy) is 2. The molecule has 29 heavy (non-hydrogen) atoms. The van der Waals surface area contributed by atoms with Crippen molar-refractivity contribution in [2.75, 3.05) is 44.8 Å². The number of carbonyl (C=O) groups is 4. The van der Waals surface area contributed by atoms with Crippen LogP contribution < -0.4 is 16.4 Å². The molecule has 1 aromatic carbocycles. The average Bonchev–Trinajstić information content (AvgIpc) is 2.95. The van der Waals surface area contributed by atoms with Crippen molar-refractivity contribution in [1.82, 2.24) is 5.32 Å². The molecule has 156 valence electrons. The number of hydrogen-bond acceptors (Lipinski definition) is 8. The second kappa shape index (κ2) is 9.73. The number of fused-ring (bicyclic) bond motifs is 1. The number of hydrogen-bond donors (Lipinski definition) is 3. The van der Waals surface area contributed by atoms with Crippen LogP contribution >= 0.6 is 0 Å². The number of ketones is 2. The summed E-state index contributed by atoms with van der Waals surface area (Å²) in [5.41, 5.74) is 6.48. The Bertz CT molecular complexity index is 809. The number of nitrogens with one attached hydrogen (secondary N) is 2. The molecule has 0 bridgehead atoms. The first-order valence-electron chi connectivity index (χ1n) is 9.69. The van der Waals surface area contributed by atoms with Gasteiger partial charge in [0.15, 0.2) is 11.6 Å². The molecule has 4 N–H and O–H groups in total. The van der Waals surface area contributed by atoms with Gasteiger partial charge < -0.3 is 20.5 Å². The van der Waals surface area contributed by atoms with Crippen molar-refractivity contribution in [1.29, 1.82) is 0 Å². The maximum absolute atomic E-state index is 13.0. The van der Waals surface area contributed by atoms with Crippen molar-refractivity contribution in [2.24, 2.45) is 17.6 Å². The van der Waals surface area contributed by atoms with Crippen LogP contribution in [-0.4, -0.2) is 62.9 Å². The highest BCUT2D eigenvalue weighted by Crippen LogP contribution is 2.38. The smallest absolute Gasteiger partial charge is 0.230 e. The van der Waals surface area contributed by atoms with Crippen molar-refractivity contribution in [2.45, 2.75) is 12.8 Å². The van der Waals surface area contributed by atoms with Gasteiger partial charge in [0.25, 0.3) is 0 Å². The molecular weight excluding hydrogens is 378 g/mol. The number of benzene rings is 1. The van der Waals surface area contributed by atoms with Gasteiger partial charge in [0.1, 0.15) is 0 Å². The summed E-state index contributed by atoms with van der Waals surface area (Å²) in [7, 11) is 0. The summed E-state index contributed by atoms with van der Waals surface area (Å²) in [5, 5.41) is 5.35. The fourth-order valence-corrected chi connectivity index (χ4v) is 3.67. The predicted octanol–water partition coefficient (Wildman–Crippen LogP) is 0.138. The lowest BCUT2D eigenvalue weighted by atomic mass is 9.82. The van der Waals surface area contributed by atoms with Crippen LogP contribution in [0.1, 0.15) is 33.6 Å². The van der Waals surface area contributed by atoms with E-state index in [1.54, 1.807) is 18.2 Å². The molecule has 0 spiro atoms. The summed E-state index contributed by atoms with van der Waals surface area (Å²) in [6, 6.07) is 5.01. The SMILES string of the molecule is NCCOCCOCCNc1cccc2c1C(=O)C(C1CCC(=O)NC1=O)C2=O. The first-order valence-corrected chi connectivity index (χ1v) is 9.69.